The molecule has 0 unspecified atom stereocenters. The van der Waals surface area contributed by atoms with Crippen molar-refractivity contribution >= 4 is 24.2 Å². The van der Waals surface area contributed by atoms with Gasteiger partial charge in [0.2, 0.25) is 0 Å². The molecule has 22 heavy (non-hydrogen) atoms. The number of hydrogen-bond donors (Lipinski definition) is 0. The van der Waals surface area contributed by atoms with Gasteiger partial charge in [0.25, 0.3) is 0 Å². The molecule has 1 fully saturated rings. The Hall–Kier alpha value is -1.30. The minimum Gasteiger partial charge on any atom is -0.399 e. The quantitative estimate of drug-likeness (QED) is 0.817. The Morgan fingerprint density at radius 2 is 1.68 bits per heavy atom. The van der Waals surface area contributed by atoms with Crippen molar-refractivity contribution in [1.29, 1.82) is 0 Å². The highest BCUT2D eigenvalue weighted by molar-refractivity contribution is 6.62. The van der Waals surface area contributed by atoms with Crippen LogP contribution >= 0.6 is 11.6 Å². The molecule has 0 atom stereocenters. The molecule has 2 aromatic rings. The molecule has 0 saturated carbocycles. The van der Waals surface area contributed by atoms with Gasteiger partial charge in [-0.2, -0.15) is 5.10 Å². The van der Waals surface area contributed by atoms with Crippen molar-refractivity contribution < 1.29 is 9.31 Å². The van der Waals surface area contributed by atoms with Gasteiger partial charge in [0.1, 0.15) is 0 Å². The largest absolute Gasteiger partial charge is 0.494 e. The van der Waals surface area contributed by atoms with Crippen molar-refractivity contribution in [2.45, 2.75) is 45.4 Å². The van der Waals surface area contributed by atoms with Crippen LogP contribution in [0.15, 0.2) is 36.7 Å². The molecular formula is C16H20BClN2O2. The number of rotatable bonds is 3. The van der Waals surface area contributed by atoms with Gasteiger partial charge in [0.05, 0.1) is 29.0 Å². The molecular weight excluding hydrogens is 298 g/mol. The molecule has 0 N–H and O–H groups in total. The summed E-state index contributed by atoms with van der Waals surface area (Å²) in [4.78, 5) is 0. The van der Waals surface area contributed by atoms with Crippen LogP contribution in [0.2, 0.25) is 5.02 Å². The summed E-state index contributed by atoms with van der Waals surface area (Å²) < 4.78 is 13.9. The first-order valence-corrected chi connectivity index (χ1v) is 7.77. The first-order valence-electron chi connectivity index (χ1n) is 7.39. The summed E-state index contributed by atoms with van der Waals surface area (Å²) in [7, 11) is -0.321. The fourth-order valence-corrected chi connectivity index (χ4v) is 2.53. The van der Waals surface area contributed by atoms with E-state index in [1.807, 2.05) is 23.0 Å². The van der Waals surface area contributed by atoms with Crippen LogP contribution in [0.4, 0.5) is 0 Å². The smallest absolute Gasteiger partial charge is 0.399 e. The lowest BCUT2D eigenvalue weighted by molar-refractivity contribution is 0.00578. The number of aromatic nitrogens is 2. The summed E-state index contributed by atoms with van der Waals surface area (Å²) >= 11 is 5.87. The van der Waals surface area contributed by atoms with E-state index >= 15 is 0 Å². The molecule has 6 heteroatoms. The molecule has 116 valence electrons. The van der Waals surface area contributed by atoms with Crippen molar-refractivity contribution in [3.8, 4) is 0 Å². The van der Waals surface area contributed by atoms with Crippen LogP contribution in [0.1, 0.15) is 33.3 Å². The van der Waals surface area contributed by atoms with Crippen LogP contribution in [0.25, 0.3) is 0 Å². The third-order valence-electron chi connectivity index (χ3n) is 4.45. The predicted molar refractivity (Wildman–Crippen MR) is 88.5 cm³/mol. The van der Waals surface area contributed by atoms with E-state index in [1.165, 1.54) is 0 Å². The van der Waals surface area contributed by atoms with Crippen molar-refractivity contribution in [2.75, 3.05) is 0 Å². The molecule has 1 aliphatic heterocycles. The first-order chi connectivity index (χ1) is 10.3. The fourth-order valence-electron chi connectivity index (χ4n) is 2.37. The number of hydrogen-bond acceptors (Lipinski definition) is 3. The van der Waals surface area contributed by atoms with E-state index < -0.39 is 0 Å². The second-order valence-electron chi connectivity index (χ2n) is 6.69. The zero-order valence-electron chi connectivity index (χ0n) is 13.3. The van der Waals surface area contributed by atoms with E-state index in [2.05, 4.69) is 44.9 Å². The van der Waals surface area contributed by atoms with E-state index in [0.29, 0.717) is 11.6 Å². The van der Waals surface area contributed by atoms with Gasteiger partial charge in [-0.25, -0.2) is 0 Å². The van der Waals surface area contributed by atoms with Gasteiger partial charge in [0.15, 0.2) is 0 Å². The minimum absolute atomic E-state index is 0.317. The molecule has 1 aliphatic rings. The van der Waals surface area contributed by atoms with Crippen LogP contribution < -0.4 is 5.46 Å². The average Bonchev–Trinajstić information content (AvgIpc) is 2.92. The molecule has 0 amide bonds. The Bertz CT molecular complexity index is 651. The number of nitrogens with zero attached hydrogens (tertiary/aromatic N) is 2. The molecule has 1 saturated heterocycles. The van der Waals surface area contributed by atoms with E-state index in [1.54, 1.807) is 6.20 Å². The van der Waals surface area contributed by atoms with E-state index in [9.17, 15) is 0 Å². The van der Waals surface area contributed by atoms with Crippen LogP contribution in [-0.2, 0) is 15.9 Å². The first kappa shape index (κ1) is 15.6. The van der Waals surface area contributed by atoms with Gasteiger partial charge in [-0.05, 0) is 38.7 Å². The Balaban J connectivity index is 1.72. The van der Waals surface area contributed by atoms with Gasteiger partial charge >= 0.3 is 7.12 Å². The molecule has 1 aromatic carbocycles. The minimum atomic E-state index is -0.321. The van der Waals surface area contributed by atoms with Crippen LogP contribution in [0, 0.1) is 0 Å². The summed E-state index contributed by atoms with van der Waals surface area (Å²) in [6.45, 7) is 8.92. The summed E-state index contributed by atoms with van der Waals surface area (Å²) in [5.74, 6) is 0. The third kappa shape index (κ3) is 2.93. The summed E-state index contributed by atoms with van der Waals surface area (Å²) in [5, 5.41) is 4.83. The normalized spacial score (nSPS) is 19.6. The molecule has 3 rings (SSSR count). The van der Waals surface area contributed by atoms with Gasteiger partial charge in [-0.3, -0.25) is 4.68 Å². The Labute approximate surface area is 136 Å². The average molecular weight is 319 g/mol. The van der Waals surface area contributed by atoms with Gasteiger partial charge < -0.3 is 9.31 Å². The molecule has 0 spiro atoms. The topological polar surface area (TPSA) is 36.3 Å². The summed E-state index contributed by atoms with van der Waals surface area (Å²) in [5.41, 5.74) is 1.55. The maximum Gasteiger partial charge on any atom is 0.494 e. The SMILES string of the molecule is CC1(C)OB(c2ccc(Cn3cc(Cl)cn3)cc2)OC1(C)C. The van der Waals surface area contributed by atoms with Crippen LogP contribution in [0.5, 0.6) is 0 Å². The summed E-state index contributed by atoms with van der Waals surface area (Å²) in [6, 6.07) is 8.22. The number of halogens is 1. The fraction of sp³-hybridized carbons (Fsp3) is 0.438. The van der Waals surface area contributed by atoms with Crippen molar-refractivity contribution in [1.82, 2.24) is 9.78 Å². The zero-order chi connectivity index (χ0) is 16.0. The van der Waals surface area contributed by atoms with E-state index in [4.69, 9.17) is 20.9 Å². The van der Waals surface area contributed by atoms with Crippen LogP contribution in [-0.4, -0.2) is 28.1 Å². The predicted octanol–water partition coefficient (Wildman–Crippen LogP) is 2.88. The Morgan fingerprint density at radius 1 is 1.09 bits per heavy atom. The molecule has 0 bridgehead atoms. The summed E-state index contributed by atoms with van der Waals surface area (Å²) in [6.07, 6.45) is 3.45. The maximum atomic E-state index is 6.05. The van der Waals surface area contributed by atoms with Crippen LogP contribution in [0.3, 0.4) is 0 Å². The monoisotopic (exact) mass is 318 g/mol. The Kier molecular flexibility index (Phi) is 3.83. The molecule has 0 aliphatic carbocycles. The maximum absolute atomic E-state index is 6.05. The van der Waals surface area contributed by atoms with Crippen molar-refractivity contribution in [3.05, 3.63) is 47.2 Å². The molecule has 0 radical (unpaired) electrons. The lowest BCUT2D eigenvalue weighted by atomic mass is 9.79. The highest BCUT2D eigenvalue weighted by Crippen LogP contribution is 2.36. The van der Waals surface area contributed by atoms with Gasteiger partial charge in [0, 0.05) is 6.20 Å². The standard InChI is InChI=1S/C16H20BClN2O2/c1-15(2)16(3,4)22-17(21-15)13-7-5-12(6-8-13)10-20-11-14(18)9-19-20/h5-9,11H,10H2,1-4H3. The van der Waals surface area contributed by atoms with Gasteiger partial charge in [-0.1, -0.05) is 35.9 Å². The third-order valence-corrected chi connectivity index (χ3v) is 4.65. The zero-order valence-corrected chi connectivity index (χ0v) is 14.1. The number of benzene rings is 1. The second kappa shape index (κ2) is 5.41. The lowest BCUT2D eigenvalue weighted by Crippen LogP contribution is -2.41. The van der Waals surface area contributed by atoms with Gasteiger partial charge in [-0.15, -0.1) is 0 Å². The molecule has 1 aromatic heterocycles. The Morgan fingerprint density at radius 3 is 2.18 bits per heavy atom. The molecule has 4 nitrogen and oxygen atoms in total. The van der Waals surface area contributed by atoms with E-state index in [-0.39, 0.29) is 18.3 Å². The highest BCUT2D eigenvalue weighted by atomic mass is 35.5. The van der Waals surface area contributed by atoms with Crippen molar-refractivity contribution in [2.24, 2.45) is 0 Å². The molecule has 2 heterocycles. The highest BCUT2D eigenvalue weighted by Gasteiger charge is 2.51. The lowest BCUT2D eigenvalue weighted by Gasteiger charge is -2.32. The van der Waals surface area contributed by atoms with E-state index in [0.717, 1.165) is 11.0 Å². The second-order valence-corrected chi connectivity index (χ2v) is 7.12. The van der Waals surface area contributed by atoms with Crippen molar-refractivity contribution in [3.63, 3.8) is 0 Å².